The van der Waals surface area contributed by atoms with E-state index in [0.717, 1.165) is 52.0 Å². The Hall–Kier alpha value is -2.93. The van der Waals surface area contributed by atoms with Gasteiger partial charge in [0.2, 0.25) is 4.80 Å². The normalized spacial score (nSPS) is 16.9. The van der Waals surface area contributed by atoms with Crippen LogP contribution in [0, 0.1) is 5.92 Å². The molecule has 1 aromatic carbocycles. The van der Waals surface area contributed by atoms with Gasteiger partial charge in [0.25, 0.3) is 0 Å². The highest BCUT2D eigenvalue weighted by atomic mass is 32.1. The fraction of sp³-hybridized carbons (Fsp3) is 0.375. The quantitative estimate of drug-likeness (QED) is 0.500. The van der Waals surface area contributed by atoms with Gasteiger partial charge in [0.05, 0.1) is 31.8 Å². The molecule has 0 saturated heterocycles. The second-order valence-corrected chi connectivity index (χ2v) is 8.46. The maximum atomic E-state index is 5.65. The van der Waals surface area contributed by atoms with Gasteiger partial charge in [-0.2, -0.15) is 5.10 Å². The summed E-state index contributed by atoms with van der Waals surface area (Å²) in [7, 11) is 3.35. The average Bonchev–Trinajstić information content (AvgIpc) is 3.21. The Bertz CT molecular complexity index is 1110. The van der Waals surface area contributed by atoms with Gasteiger partial charge in [-0.05, 0) is 61.9 Å². The van der Waals surface area contributed by atoms with Crippen LogP contribution in [0.1, 0.15) is 39.0 Å². The highest BCUT2D eigenvalue weighted by Gasteiger charge is 2.19. The lowest BCUT2D eigenvalue weighted by atomic mass is 9.86. The third-order valence-corrected chi connectivity index (χ3v) is 6.56. The minimum atomic E-state index is 0.773. The fourth-order valence-electron chi connectivity index (χ4n) is 3.86. The molecule has 1 aliphatic rings. The maximum Gasteiger partial charge on any atom is 0.211 e. The summed E-state index contributed by atoms with van der Waals surface area (Å²) in [5.41, 5.74) is 3.89. The summed E-state index contributed by atoms with van der Waals surface area (Å²) < 4.78 is 13.1. The van der Waals surface area contributed by atoms with Gasteiger partial charge >= 0.3 is 0 Å². The molecule has 1 aliphatic carbocycles. The number of hydrogen-bond donors (Lipinski definition) is 0. The molecule has 162 valence electrons. The van der Waals surface area contributed by atoms with Crippen LogP contribution in [0.5, 0.6) is 11.5 Å². The SMILES string of the molecule is CCC1CCC(=Nn2c(-c3cc(OC)ccc3OC)csc2=Nc2cccnc2)CC1. The van der Waals surface area contributed by atoms with E-state index in [0.29, 0.717) is 0 Å². The Morgan fingerprint density at radius 3 is 2.68 bits per heavy atom. The predicted octanol–water partition coefficient (Wildman–Crippen LogP) is 5.67. The highest BCUT2D eigenvalue weighted by molar-refractivity contribution is 7.07. The zero-order chi connectivity index (χ0) is 21.6. The van der Waals surface area contributed by atoms with Gasteiger partial charge in [0.1, 0.15) is 11.5 Å². The van der Waals surface area contributed by atoms with Gasteiger partial charge in [0.15, 0.2) is 0 Å². The molecule has 3 aromatic rings. The number of thiazole rings is 1. The lowest BCUT2D eigenvalue weighted by Gasteiger charge is -2.21. The van der Waals surface area contributed by atoms with Gasteiger partial charge in [-0.1, -0.05) is 13.3 Å². The second-order valence-electron chi connectivity index (χ2n) is 7.62. The molecule has 1 saturated carbocycles. The molecule has 0 radical (unpaired) electrons. The monoisotopic (exact) mass is 436 g/mol. The largest absolute Gasteiger partial charge is 0.497 e. The zero-order valence-corrected chi connectivity index (χ0v) is 19.1. The van der Waals surface area contributed by atoms with Crippen LogP contribution in [0.15, 0.2) is 58.2 Å². The van der Waals surface area contributed by atoms with Crippen LogP contribution in [0.25, 0.3) is 11.3 Å². The molecule has 0 unspecified atom stereocenters. The van der Waals surface area contributed by atoms with Crippen LogP contribution < -0.4 is 14.3 Å². The number of rotatable bonds is 6. The topological polar surface area (TPSA) is 61.0 Å². The molecule has 1 fully saturated rings. The molecule has 7 heteroatoms. The van der Waals surface area contributed by atoms with Gasteiger partial charge < -0.3 is 9.47 Å². The van der Waals surface area contributed by atoms with Crippen LogP contribution in [0.4, 0.5) is 5.69 Å². The van der Waals surface area contributed by atoms with E-state index in [1.54, 1.807) is 38.0 Å². The van der Waals surface area contributed by atoms with Crippen molar-refractivity contribution in [3.05, 3.63) is 52.9 Å². The van der Waals surface area contributed by atoms with Crippen molar-refractivity contribution in [1.82, 2.24) is 9.66 Å². The first kappa shape index (κ1) is 21.3. The molecule has 0 amide bonds. The minimum Gasteiger partial charge on any atom is -0.497 e. The Labute approximate surface area is 186 Å². The number of ether oxygens (including phenoxy) is 2. The fourth-order valence-corrected chi connectivity index (χ4v) is 4.71. The number of pyridine rings is 1. The first-order valence-electron chi connectivity index (χ1n) is 10.7. The van der Waals surface area contributed by atoms with Crippen molar-refractivity contribution in [2.45, 2.75) is 39.0 Å². The van der Waals surface area contributed by atoms with Crippen molar-refractivity contribution in [2.75, 3.05) is 14.2 Å². The first-order chi connectivity index (χ1) is 15.2. The number of hydrogen-bond acceptors (Lipinski definition) is 6. The van der Waals surface area contributed by atoms with E-state index >= 15 is 0 Å². The van der Waals surface area contributed by atoms with E-state index in [1.807, 2.05) is 35.0 Å². The van der Waals surface area contributed by atoms with Crippen molar-refractivity contribution in [1.29, 1.82) is 0 Å². The predicted molar refractivity (Wildman–Crippen MR) is 125 cm³/mol. The summed E-state index contributed by atoms with van der Waals surface area (Å²) in [5.74, 6) is 2.36. The van der Waals surface area contributed by atoms with E-state index in [2.05, 4.69) is 17.3 Å². The van der Waals surface area contributed by atoms with E-state index < -0.39 is 0 Å². The lowest BCUT2D eigenvalue weighted by Crippen LogP contribution is -2.18. The van der Waals surface area contributed by atoms with E-state index in [-0.39, 0.29) is 0 Å². The summed E-state index contributed by atoms with van der Waals surface area (Å²) in [4.78, 5) is 9.81. The van der Waals surface area contributed by atoms with Crippen LogP contribution in [0.3, 0.4) is 0 Å². The number of nitrogens with zero attached hydrogens (tertiary/aromatic N) is 4. The molecular weight excluding hydrogens is 408 g/mol. The number of methoxy groups -OCH3 is 2. The molecule has 0 spiro atoms. The van der Waals surface area contributed by atoms with Crippen molar-refractivity contribution in [3.63, 3.8) is 0 Å². The van der Waals surface area contributed by atoms with Crippen LogP contribution in [0.2, 0.25) is 0 Å². The van der Waals surface area contributed by atoms with Crippen molar-refractivity contribution in [3.8, 4) is 22.8 Å². The van der Waals surface area contributed by atoms with Crippen LogP contribution >= 0.6 is 11.3 Å². The average molecular weight is 437 g/mol. The highest BCUT2D eigenvalue weighted by Crippen LogP contribution is 2.34. The second kappa shape index (κ2) is 9.92. The Morgan fingerprint density at radius 1 is 1.16 bits per heavy atom. The van der Waals surface area contributed by atoms with E-state index in [1.165, 1.54) is 25.0 Å². The summed E-state index contributed by atoms with van der Waals surface area (Å²) in [6, 6.07) is 9.65. The molecule has 2 aromatic heterocycles. The number of aromatic nitrogens is 2. The Morgan fingerprint density at radius 2 is 2.00 bits per heavy atom. The Kier molecular flexibility index (Phi) is 6.82. The minimum absolute atomic E-state index is 0.773. The van der Waals surface area contributed by atoms with Crippen molar-refractivity contribution < 1.29 is 9.47 Å². The van der Waals surface area contributed by atoms with Gasteiger partial charge in [-0.25, -0.2) is 9.67 Å². The summed E-state index contributed by atoms with van der Waals surface area (Å²) in [6.45, 7) is 2.28. The lowest BCUT2D eigenvalue weighted by molar-refractivity contribution is 0.404. The molecule has 2 heterocycles. The smallest absolute Gasteiger partial charge is 0.211 e. The molecule has 0 atom stereocenters. The standard InChI is InChI=1S/C24H28N4O2S/c1-4-17-7-9-18(10-8-17)27-28-22(21-14-20(29-2)11-12-23(21)30-3)16-31-24(28)26-19-6-5-13-25-15-19/h5-6,11-17H,4,7-10H2,1-3H3. The molecule has 6 nitrogen and oxygen atoms in total. The maximum absolute atomic E-state index is 5.65. The van der Waals surface area contributed by atoms with E-state index in [9.17, 15) is 0 Å². The van der Waals surface area contributed by atoms with Gasteiger partial charge in [0, 0.05) is 22.9 Å². The zero-order valence-electron chi connectivity index (χ0n) is 18.2. The summed E-state index contributed by atoms with van der Waals surface area (Å²) >= 11 is 1.56. The molecular formula is C24H28N4O2S. The molecule has 0 N–H and O–H groups in total. The number of benzene rings is 1. The van der Waals surface area contributed by atoms with Gasteiger partial charge in [-0.15, -0.1) is 11.3 Å². The van der Waals surface area contributed by atoms with Crippen molar-refractivity contribution in [2.24, 2.45) is 16.0 Å². The van der Waals surface area contributed by atoms with Gasteiger partial charge in [-0.3, -0.25) is 4.98 Å². The first-order valence-corrected chi connectivity index (χ1v) is 11.5. The summed E-state index contributed by atoms with van der Waals surface area (Å²) in [5, 5.41) is 7.16. The van der Waals surface area contributed by atoms with Crippen molar-refractivity contribution >= 4 is 22.7 Å². The molecule has 4 rings (SSSR count). The molecule has 0 bridgehead atoms. The Balaban J connectivity index is 1.85. The molecule has 31 heavy (non-hydrogen) atoms. The summed E-state index contributed by atoms with van der Waals surface area (Å²) in [6.07, 6.45) is 9.22. The molecule has 0 aliphatic heterocycles. The van der Waals surface area contributed by atoms with E-state index in [4.69, 9.17) is 19.6 Å². The van der Waals surface area contributed by atoms with Crippen LogP contribution in [-0.2, 0) is 0 Å². The third kappa shape index (κ3) is 4.88. The third-order valence-electron chi connectivity index (χ3n) is 5.74. The van der Waals surface area contributed by atoms with Crippen LogP contribution in [-0.4, -0.2) is 29.6 Å².